The lowest BCUT2D eigenvalue weighted by Crippen LogP contribution is -2.27. The van der Waals surface area contributed by atoms with Crippen molar-refractivity contribution in [2.45, 2.75) is 77.4 Å². The summed E-state index contributed by atoms with van der Waals surface area (Å²) in [6.07, 6.45) is 11.0. The molecule has 0 aromatic carbocycles. The van der Waals surface area contributed by atoms with Crippen LogP contribution in [0.4, 0.5) is 0 Å². The van der Waals surface area contributed by atoms with E-state index in [1.807, 2.05) is 0 Å². The van der Waals surface area contributed by atoms with Crippen molar-refractivity contribution < 1.29 is 14.2 Å². The van der Waals surface area contributed by atoms with Crippen LogP contribution in [0.1, 0.15) is 65.2 Å². The van der Waals surface area contributed by atoms with Crippen LogP contribution in [0.2, 0.25) is 0 Å². The Morgan fingerprint density at radius 3 is 1.33 bits per heavy atom. The van der Waals surface area contributed by atoms with E-state index in [4.69, 9.17) is 14.2 Å². The van der Waals surface area contributed by atoms with Crippen LogP contribution in [-0.2, 0) is 14.2 Å². The van der Waals surface area contributed by atoms with E-state index in [1.165, 1.54) is 51.4 Å². The highest BCUT2D eigenvalue weighted by Crippen LogP contribution is 2.29. The summed E-state index contributed by atoms with van der Waals surface area (Å²) < 4.78 is 17.4. The maximum Gasteiger partial charge on any atom is 0.0575 e. The molecule has 0 amide bonds. The standard InChI is InChI=1S/C18H34O3/c1-3-20-17-9-5-15(6-10-17)13-19-14-16-7-11-18(12-8-16)21-4-2/h15-18H,3-14H2,1-2H3. The Labute approximate surface area is 130 Å². The Hall–Kier alpha value is -0.120. The quantitative estimate of drug-likeness (QED) is 0.672. The lowest BCUT2D eigenvalue weighted by Gasteiger charge is -2.30. The summed E-state index contributed by atoms with van der Waals surface area (Å²) in [5, 5.41) is 0. The predicted octanol–water partition coefficient (Wildman–Crippen LogP) is 4.19. The smallest absolute Gasteiger partial charge is 0.0575 e. The van der Waals surface area contributed by atoms with Crippen molar-refractivity contribution in [3.05, 3.63) is 0 Å². The zero-order valence-corrected chi connectivity index (χ0v) is 14.0. The van der Waals surface area contributed by atoms with Gasteiger partial charge in [0.2, 0.25) is 0 Å². The fraction of sp³-hybridized carbons (Fsp3) is 1.00. The van der Waals surface area contributed by atoms with Gasteiger partial charge in [0.15, 0.2) is 0 Å². The maximum absolute atomic E-state index is 6.02. The molecule has 0 saturated heterocycles. The predicted molar refractivity (Wildman–Crippen MR) is 85.6 cm³/mol. The molecule has 0 aromatic rings. The molecule has 2 saturated carbocycles. The van der Waals surface area contributed by atoms with Gasteiger partial charge in [-0.3, -0.25) is 0 Å². The number of rotatable bonds is 8. The largest absolute Gasteiger partial charge is 0.381 e. The molecule has 0 aliphatic heterocycles. The van der Waals surface area contributed by atoms with E-state index in [0.29, 0.717) is 12.2 Å². The Morgan fingerprint density at radius 2 is 1.00 bits per heavy atom. The zero-order valence-electron chi connectivity index (χ0n) is 14.0. The van der Waals surface area contributed by atoms with Crippen LogP contribution >= 0.6 is 0 Å². The molecule has 0 spiro atoms. The van der Waals surface area contributed by atoms with Crippen molar-refractivity contribution >= 4 is 0 Å². The summed E-state index contributed by atoms with van der Waals surface area (Å²) in [5.41, 5.74) is 0. The van der Waals surface area contributed by atoms with Crippen molar-refractivity contribution in [1.29, 1.82) is 0 Å². The molecule has 0 atom stereocenters. The normalized spacial score (nSPS) is 34.0. The Bertz CT molecular complexity index is 227. The summed E-state index contributed by atoms with van der Waals surface area (Å²) in [4.78, 5) is 0. The average molecular weight is 298 g/mol. The first-order valence-electron chi connectivity index (χ1n) is 9.12. The number of hydrogen-bond donors (Lipinski definition) is 0. The van der Waals surface area contributed by atoms with Gasteiger partial charge in [0, 0.05) is 26.4 Å². The third kappa shape index (κ3) is 6.25. The van der Waals surface area contributed by atoms with Gasteiger partial charge < -0.3 is 14.2 Å². The minimum Gasteiger partial charge on any atom is -0.381 e. The summed E-state index contributed by atoms with van der Waals surface area (Å²) in [7, 11) is 0. The SMILES string of the molecule is CCOC1CCC(COCC2CCC(OCC)CC2)CC1. The van der Waals surface area contributed by atoms with E-state index >= 15 is 0 Å². The van der Waals surface area contributed by atoms with Gasteiger partial charge in [-0.15, -0.1) is 0 Å². The minimum absolute atomic E-state index is 0.514. The first-order valence-corrected chi connectivity index (χ1v) is 9.12. The molecule has 3 nitrogen and oxygen atoms in total. The highest BCUT2D eigenvalue weighted by Gasteiger charge is 2.24. The van der Waals surface area contributed by atoms with Gasteiger partial charge >= 0.3 is 0 Å². The molecule has 2 aliphatic rings. The minimum atomic E-state index is 0.514. The molecule has 2 rings (SSSR count). The third-order valence-corrected chi connectivity index (χ3v) is 5.10. The first kappa shape index (κ1) is 17.2. The van der Waals surface area contributed by atoms with Gasteiger partial charge in [-0.05, 0) is 77.0 Å². The van der Waals surface area contributed by atoms with Crippen molar-refractivity contribution in [3.8, 4) is 0 Å². The van der Waals surface area contributed by atoms with Crippen LogP contribution < -0.4 is 0 Å². The van der Waals surface area contributed by atoms with Gasteiger partial charge in [-0.2, -0.15) is 0 Å². The van der Waals surface area contributed by atoms with Crippen LogP contribution in [0.3, 0.4) is 0 Å². The molecular weight excluding hydrogens is 264 g/mol. The number of hydrogen-bond acceptors (Lipinski definition) is 3. The topological polar surface area (TPSA) is 27.7 Å². The Kier molecular flexibility index (Phi) is 8.05. The highest BCUT2D eigenvalue weighted by atomic mass is 16.5. The molecule has 124 valence electrons. The molecule has 0 radical (unpaired) electrons. The molecule has 0 N–H and O–H groups in total. The highest BCUT2D eigenvalue weighted by molar-refractivity contribution is 4.74. The van der Waals surface area contributed by atoms with Crippen LogP contribution in [0, 0.1) is 11.8 Å². The van der Waals surface area contributed by atoms with E-state index < -0.39 is 0 Å². The van der Waals surface area contributed by atoms with E-state index in [2.05, 4.69) is 13.8 Å². The first-order chi connectivity index (χ1) is 10.3. The van der Waals surface area contributed by atoms with Crippen molar-refractivity contribution in [3.63, 3.8) is 0 Å². The Morgan fingerprint density at radius 1 is 0.619 bits per heavy atom. The second kappa shape index (κ2) is 9.81. The molecule has 2 fully saturated rings. The van der Waals surface area contributed by atoms with Gasteiger partial charge in [0.1, 0.15) is 0 Å². The van der Waals surface area contributed by atoms with Crippen molar-refractivity contribution in [2.24, 2.45) is 11.8 Å². The molecular formula is C18H34O3. The van der Waals surface area contributed by atoms with Gasteiger partial charge in [0.25, 0.3) is 0 Å². The molecule has 21 heavy (non-hydrogen) atoms. The van der Waals surface area contributed by atoms with E-state index in [0.717, 1.165) is 38.3 Å². The second-order valence-corrected chi connectivity index (χ2v) is 6.73. The van der Waals surface area contributed by atoms with Gasteiger partial charge in [0.05, 0.1) is 12.2 Å². The molecule has 0 bridgehead atoms. The molecule has 3 heteroatoms. The second-order valence-electron chi connectivity index (χ2n) is 6.73. The lowest BCUT2D eigenvalue weighted by atomic mass is 9.87. The van der Waals surface area contributed by atoms with E-state index in [9.17, 15) is 0 Å². The number of ether oxygens (including phenoxy) is 3. The van der Waals surface area contributed by atoms with Gasteiger partial charge in [-0.1, -0.05) is 0 Å². The van der Waals surface area contributed by atoms with Crippen LogP contribution in [0.15, 0.2) is 0 Å². The zero-order chi connectivity index (χ0) is 14.9. The lowest BCUT2D eigenvalue weighted by molar-refractivity contribution is -0.0115. The molecule has 2 aliphatic carbocycles. The van der Waals surface area contributed by atoms with Crippen LogP contribution in [-0.4, -0.2) is 38.6 Å². The monoisotopic (exact) mass is 298 g/mol. The fourth-order valence-corrected chi connectivity index (χ4v) is 3.80. The third-order valence-electron chi connectivity index (χ3n) is 5.10. The fourth-order valence-electron chi connectivity index (χ4n) is 3.80. The molecule has 0 heterocycles. The van der Waals surface area contributed by atoms with Crippen molar-refractivity contribution in [1.82, 2.24) is 0 Å². The van der Waals surface area contributed by atoms with Crippen LogP contribution in [0.25, 0.3) is 0 Å². The Balaban J connectivity index is 1.51. The van der Waals surface area contributed by atoms with Crippen molar-refractivity contribution in [2.75, 3.05) is 26.4 Å². The van der Waals surface area contributed by atoms with E-state index in [-0.39, 0.29) is 0 Å². The average Bonchev–Trinajstić information content (AvgIpc) is 2.51. The summed E-state index contributed by atoms with van der Waals surface area (Å²) >= 11 is 0. The molecule has 0 aromatic heterocycles. The van der Waals surface area contributed by atoms with E-state index in [1.54, 1.807) is 0 Å². The summed E-state index contributed by atoms with van der Waals surface area (Å²) in [6.45, 7) is 7.83. The summed E-state index contributed by atoms with van der Waals surface area (Å²) in [6, 6.07) is 0. The molecule has 0 unspecified atom stereocenters. The van der Waals surface area contributed by atoms with Crippen LogP contribution in [0.5, 0.6) is 0 Å². The summed E-state index contributed by atoms with van der Waals surface area (Å²) in [5.74, 6) is 1.53. The van der Waals surface area contributed by atoms with Gasteiger partial charge in [-0.25, -0.2) is 0 Å². The maximum atomic E-state index is 6.02.